The Morgan fingerprint density at radius 3 is 1.58 bits per heavy atom. The first-order valence-corrected chi connectivity index (χ1v) is 14.8. The fraction of sp³-hybridized carbons (Fsp3) is 0.200. The first kappa shape index (κ1) is 21.3. The molecule has 0 bridgehead atoms. The van der Waals surface area contributed by atoms with E-state index >= 15 is 0 Å². The molecular weight excluding hydrogens is 388 g/mol. The minimum absolute atomic E-state index is 0.609. The van der Waals surface area contributed by atoms with E-state index in [4.69, 9.17) is 0 Å². The zero-order valence-electron chi connectivity index (χ0n) is 19.1. The number of allylic oxidation sites excluding steroid dienone is 6. The van der Waals surface area contributed by atoms with Gasteiger partial charge in [-0.3, -0.25) is 0 Å². The van der Waals surface area contributed by atoms with Gasteiger partial charge < -0.3 is 0 Å². The van der Waals surface area contributed by atoms with Gasteiger partial charge in [-0.25, -0.2) is 0 Å². The Labute approximate surface area is 188 Å². The summed E-state index contributed by atoms with van der Waals surface area (Å²) in [5, 5.41) is 1.51. The quantitative estimate of drug-likeness (QED) is 0.374. The molecule has 1 aliphatic rings. The topological polar surface area (TPSA) is 0 Å². The lowest BCUT2D eigenvalue weighted by molar-refractivity contribution is 0.744. The van der Waals surface area contributed by atoms with Gasteiger partial charge >= 0.3 is 0 Å². The Bertz CT molecular complexity index is 1100. The Balaban J connectivity index is 1.52. The van der Waals surface area contributed by atoms with E-state index in [2.05, 4.69) is 130 Å². The molecule has 0 amide bonds. The highest BCUT2D eigenvalue weighted by Gasteiger charge is 2.15. The smallest absolute Gasteiger partial charge is 0.0775 e. The molecule has 1 atom stereocenters. The summed E-state index contributed by atoms with van der Waals surface area (Å²) in [6.45, 7) is 9.43. The van der Waals surface area contributed by atoms with Gasteiger partial charge in [-0.1, -0.05) is 135 Å². The SMILES string of the molecule is CC1\C=C/C=C(c2ccc(-c3ccc(-c4ccc([Si](C)(C)C)cc4)cc3)cc2)\C=C\C1. The standard InChI is InChI=1S/C30H32Si/c1-23-7-5-9-24(10-6-8-23)25-11-13-26(14-12-25)27-15-17-28(18-16-27)29-19-21-30(22-20-29)31(2,3)4/h5-7,9-23H,8H2,1-4H3/b7-5-,10-6+,24-9+. The molecule has 0 spiro atoms. The molecule has 1 heteroatoms. The van der Waals surface area contributed by atoms with Crippen molar-refractivity contribution in [1.82, 2.24) is 0 Å². The van der Waals surface area contributed by atoms with Crippen LogP contribution in [0.2, 0.25) is 19.6 Å². The predicted molar refractivity (Wildman–Crippen MR) is 140 cm³/mol. The molecule has 0 saturated heterocycles. The number of rotatable bonds is 4. The Kier molecular flexibility index (Phi) is 6.24. The molecule has 3 aromatic rings. The van der Waals surface area contributed by atoms with Crippen molar-refractivity contribution in [2.24, 2.45) is 5.92 Å². The van der Waals surface area contributed by atoms with Gasteiger partial charge in [0.15, 0.2) is 0 Å². The molecule has 0 saturated carbocycles. The van der Waals surface area contributed by atoms with Crippen LogP contribution in [0.15, 0.2) is 103 Å². The van der Waals surface area contributed by atoms with E-state index in [1.165, 1.54) is 38.6 Å². The fourth-order valence-corrected chi connectivity index (χ4v) is 5.12. The van der Waals surface area contributed by atoms with Gasteiger partial charge in [0.05, 0.1) is 8.07 Å². The van der Waals surface area contributed by atoms with Crippen LogP contribution >= 0.6 is 0 Å². The Hall–Kier alpha value is -2.90. The lowest BCUT2D eigenvalue weighted by Crippen LogP contribution is -2.37. The lowest BCUT2D eigenvalue weighted by atomic mass is 9.96. The van der Waals surface area contributed by atoms with E-state index in [1.807, 2.05) is 0 Å². The third-order valence-electron chi connectivity index (χ3n) is 6.04. The zero-order valence-corrected chi connectivity index (χ0v) is 20.1. The summed E-state index contributed by atoms with van der Waals surface area (Å²) in [6.07, 6.45) is 12.3. The molecule has 0 radical (unpaired) electrons. The molecule has 0 fully saturated rings. The van der Waals surface area contributed by atoms with Crippen molar-refractivity contribution >= 4 is 18.8 Å². The average molecular weight is 421 g/mol. The van der Waals surface area contributed by atoms with Crippen LogP contribution in [-0.2, 0) is 0 Å². The van der Waals surface area contributed by atoms with Crippen LogP contribution in [0, 0.1) is 5.92 Å². The van der Waals surface area contributed by atoms with E-state index in [9.17, 15) is 0 Å². The van der Waals surface area contributed by atoms with E-state index < -0.39 is 8.07 Å². The van der Waals surface area contributed by atoms with E-state index in [0.717, 1.165) is 6.42 Å². The van der Waals surface area contributed by atoms with Crippen molar-refractivity contribution < 1.29 is 0 Å². The van der Waals surface area contributed by atoms with Crippen molar-refractivity contribution in [1.29, 1.82) is 0 Å². The molecule has 0 aromatic heterocycles. The van der Waals surface area contributed by atoms with Crippen LogP contribution in [-0.4, -0.2) is 8.07 Å². The van der Waals surface area contributed by atoms with E-state index in [-0.39, 0.29) is 0 Å². The molecule has 1 unspecified atom stereocenters. The Morgan fingerprint density at radius 2 is 1.10 bits per heavy atom. The maximum atomic E-state index is 2.39. The molecule has 0 N–H and O–H groups in total. The monoisotopic (exact) mass is 420 g/mol. The third-order valence-corrected chi connectivity index (χ3v) is 8.11. The highest BCUT2D eigenvalue weighted by Crippen LogP contribution is 2.27. The van der Waals surface area contributed by atoms with Crippen LogP contribution in [0.25, 0.3) is 27.8 Å². The van der Waals surface area contributed by atoms with Crippen molar-refractivity contribution in [3.05, 3.63) is 109 Å². The minimum Gasteiger partial charge on any atom is -0.0833 e. The van der Waals surface area contributed by atoms with Gasteiger partial charge in [-0.15, -0.1) is 0 Å². The summed E-state index contributed by atoms with van der Waals surface area (Å²) in [4.78, 5) is 0. The zero-order chi connectivity index (χ0) is 21.8. The molecule has 0 nitrogen and oxygen atoms in total. The van der Waals surface area contributed by atoms with Gasteiger partial charge in [-0.05, 0) is 45.7 Å². The summed E-state index contributed by atoms with van der Waals surface area (Å²) in [5.74, 6) is 0.609. The van der Waals surface area contributed by atoms with Crippen LogP contribution in [0.4, 0.5) is 0 Å². The van der Waals surface area contributed by atoms with Crippen LogP contribution in [0.5, 0.6) is 0 Å². The molecule has 4 rings (SSSR count). The van der Waals surface area contributed by atoms with Crippen LogP contribution in [0.3, 0.4) is 0 Å². The summed E-state index contributed by atoms with van der Waals surface area (Å²) in [5.41, 5.74) is 7.60. The summed E-state index contributed by atoms with van der Waals surface area (Å²) in [7, 11) is -1.25. The first-order valence-electron chi connectivity index (χ1n) is 11.3. The predicted octanol–water partition coefficient (Wildman–Crippen LogP) is 8.10. The van der Waals surface area contributed by atoms with E-state index in [1.54, 1.807) is 0 Å². The van der Waals surface area contributed by atoms with Crippen molar-refractivity contribution in [2.75, 3.05) is 0 Å². The maximum absolute atomic E-state index is 2.39. The van der Waals surface area contributed by atoms with Gasteiger partial charge in [0, 0.05) is 0 Å². The van der Waals surface area contributed by atoms with Gasteiger partial charge in [0.1, 0.15) is 0 Å². The highest BCUT2D eigenvalue weighted by atomic mass is 28.3. The number of hydrogen-bond donors (Lipinski definition) is 0. The van der Waals surface area contributed by atoms with Gasteiger partial charge in [0.25, 0.3) is 0 Å². The van der Waals surface area contributed by atoms with Gasteiger partial charge in [-0.2, -0.15) is 0 Å². The normalized spacial score (nSPS) is 20.3. The molecule has 3 aromatic carbocycles. The molecular formula is C30H32Si. The summed E-state index contributed by atoms with van der Waals surface area (Å²) < 4.78 is 0. The number of benzene rings is 3. The van der Waals surface area contributed by atoms with Gasteiger partial charge in [0.2, 0.25) is 0 Å². The van der Waals surface area contributed by atoms with E-state index in [0.29, 0.717) is 5.92 Å². The van der Waals surface area contributed by atoms with Crippen molar-refractivity contribution in [2.45, 2.75) is 33.0 Å². The third kappa shape index (κ3) is 5.24. The second-order valence-electron chi connectivity index (χ2n) is 9.60. The van der Waals surface area contributed by atoms with Crippen LogP contribution in [0.1, 0.15) is 18.9 Å². The second-order valence-corrected chi connectivity index (χ2v) is 14.7. The van der Waals surface area contributed by atoms with Crippen molar-refractivity contribution in [3.8, 4) is 22.3 Å². The highest BCUT2D eigenvalue weighted by molar-refractivity contribution is 6.88. The molecule has 1 aliphatic carbocycles. The molecule has 156 valence electrons. The lowest BCUT2D eigenvalue weighted by Gasteiger charge is -2.16. The van der Waals surface area contributed by atoms with Crippen LogP contribution < -0.4 is 5.19 Å². The summed E-state index contributed by atoms with van der Waals surface area (Å²) >= 11 is 0. The molecule has 31 heavy (non-hydrogen) atoms. The largest absolute Gasteiger partial charge is 0.0833 e. The average Bonchev–Trinajstić information content (AvgIpc) is 2.76. The Morgan fingerprint density at radius 1 is 0.645 bits per heavy atom. The second kappa shape index (κ2) is 9.07. The number of hydrogen-bond acceptors (Lipinski definition) is 0. The van der Waals surface area contributed by atoms with Crippen molar-refractivity contribution in [3.63, 3.8) is 0 Å². The minimum atomic E-state index is -1.25. The fourth-order valence-electron chi connectivity index (χ4n) is 3.96. The maximum Gasteiger partial charge on any atom is 0.0775 e. The molecule has 0 heterocycles. The first-order chi connectivity index (χ1) is 14.9. The molecule has 0 aliphatic heterocycles. The summed E-state index contributed by atoms with van der Waals surface area (Å²) in [6, 6.07) is 27.0.